The highest BCUT2D eigenvalue weighted by molar-refractivity contribution is 5.92. The SMILES string of the molecule is CCOC(=O)c1ccccc1C1CN(C(=O)[C@H]2CC[C@H](C(CC)NC(=O)OC(C)(C)C)CC2)[C@H](C(N)=O)[C@@H]1C1CCCCC1. The molecule has 1 aromatic rings. The van der Waals surface area contributed by atoms with Crippen molar-refractivity contribution in [2.75, 3.05) is 13.2 Å². The Labute approximate surface area is 263 Å². The summed E-state index contributed by atoms with van der Waals surface area (Å²) in [5, 5.41) is 3.05. The van der Waals surface area contributed by atoms with Gasteiger partial charge >= 0.3 is 12.1 Å². The van der Waals surface area contributed by atoms with Crippen LogP contribution in [0.25, 0.3) is 0 Å². The largest absolute Gasteiger partial charge is 0.462 e. The lowest BCUT2D eigenvalue weighted by atomic mass is 9.70. The van der Waals surface area contributed by atoms with E-state index in [2.05, 4.69) is 12.2 Å². The van der Waals surface area contributed by atoms with E-state index in [0.717, 1.165) is 50.5 Å². The van der Waals surface area contributed by atoms with Crippen LogP contribution in [0.1, 0.15) is 121 Å². The van der Waals surface area contributed by atoms with Crippen LogP contribution in [0.3, 0.4) is 0 Å². The Bertz CT molecular complexity index is 1170. The molecule has 3 N–H and O–H groups in total. The highest BCUT2D eigenvalue weighted by Crippen LogP contribution is 2.48. The quantitative estimate of drug-likeness (QED) is 0.332. The lowest BCUT2D eigenvalue weighted by Gasteiger charge is -2.37. The molecular weight excluding hydrogens is 558 g/mol. The molecule has 0 radical (unpaired) electrons. The van der Waals surface area contributed by atoms with Gasteiger partial charge in [-0.15, -0.1) is 0 Å². The highest BCUT2D eigenvalue weighted by Gasteiger charge is 2.52. The summed E-state index contributed by atoms with van der Waals surface area (Å²) in [6, 6.07) is 6.75. The number of amides is 3. The van der Waals surface area contributed by atoms with E-state index < -0.39 is 23.6 Å². The number of esters is 1. The normalized spacial score (nSPS) is 26.9. The van der Waals surface area contributed by atoms with Crippen molar-refractivity contribution in [1.29, 1.82) is 0 Å². The Morgan fingerprint density at radius 1 is 0.977 bits per heavy atom. The number of rotatable bonds is 9. The van der Waals surface area contributed by atoms with Crippen molar-refractivity contribution in [2.45, 2.75) is 122 Å². The fourth-order valence-electron chi connectivity index (χ4n) is 8.09. The number of nitrogens with one attached hydrogen (secondary N) is 1. The van der Waals surface area contributed by atoms with Gasteiger partial charge in [-0.2, -0.15) is 0 Å². The van der Waals surface area contributed by atoms with E-state index in [1.807, 2.05) is 39.0 Å². The number of nitrogens with zero attached hydrogens (tertiary/aromatic N) is 1. The number of benzene rings is 1. The lowest BCUT2D eigenvalue weighted by Crippen LogP contribution is -2.50. The number of ether oxygens (including phenoxy) is 2. The molecule has 244 valence electrons. The van der Waals surface area contributed by atoms with Gasteiger partial charge in [0.1, 0.15) is 11.6 Å². The number of likely N-dealkylation sites (tertiary alicyclic amines) is 1. The molecule has 1 aromatic carbocycles. The summed E-state index contributed by atoms with van der Waals surface area (Å²) in [6.45, 7) is 10.0. The van der Waals surface area contributed by atoms with Crippen LogP contribution in [0.5, 0.6) is 0 Å². The number of hydrogen-bond acceptors (Lipinski definition) is 6. The maximum atomic E-state index is 14.3. The fraction of sp³-hybridized carbons (Fsp3) is 0.714. The summed E-state index contributed by atoms with van der Waals surface area (Å²) in [7, 11) is 0. The molecule has 0 bridgehead atoms. The van der Waals surface area contributed by atoms with Gasteiger partial charge in [-0.3, -0.25) is 9.59 Å². The monoisotopic (exact) mass is 611 g/mol. The first-order chi connectivity index (χ1) is 20.9. The summed E-state index contributed by atoms with van der Waals surface area (Å²) < 4.78 is 10.9. The average molecular weight is 612 g/mol. The lowest BCUT2D eigenvalue weighted by molar-refractivity contribution is -0.143. The van der Waals surface area contributed by atoms with Crippen molar-refractivity contribution in [3.8, 4) is 0 Å². The molecule has 1 heterocycles. The molecule has 3 amide bonds. The Morgan fingerprint density at radius 3 is 2.23 bits per heavy atom. The zero-order valence-corrected chi connectivity index (χ0v) is 27.3. The zero-order valence-electron chi connectivity index (χ0n) is 27.3. The van der Waals surface area contributed by atoms with Crippen LogP contribution in [0.2, 0.25) is 0 Å². The Morgan fingerprint density at radius 2 is 1.64 bits per heavy atom. The highest BCUT2D eigenvalue weighted by atomic mass is 16.6. The van der Waals surface area contributed by atoms with Crippen LogP contribution < -0.4 is 11.1 Å². The molecule has 2 saturated carbocycles. The molecule has 4 rings (SSSR count). The molecule has 1 saturated heterocycles. The molecule has 44 heavy (non-hydrogen) atoms. The van der Waals surface area contributed by atoms with Gasteiger partial charge < -0.3 is 25.4 Å². The van der Waals surface area contributed by atoms with E-state index in [9.17, 15) is 19.2 Å². The van der Waals surface area contributed by atoms with Crippen molar-refractivity contribution >= 4 is 23.9 Å². The Kier molecular flexibility index (Phi) is 11.4. The summed E-state index contributed by atoms with van der Waals surface area (Å²) in [6.07, 6.45) is 8.69. The number of hydrogen-bond donors (Lipinski definition) is 2. The number of alkyl carbamates (subject to hydrolysis) is 1. The predicted molar refractivity (Wildman–Crippen MR) is 169 cm³/mol. The summed E-state index contributed by atoms with van der Waals surface area (Å²) in [5.74, 6) is -0.901. The minimum absolute atomic E-state index is 0.0164. The molecule has 0 aromatic heterocycles. The smallest absolute Gasteiger partial charge is 0.407 e. The van der Waals surface area contributed by atoms with Gasteiger partial charge in [-0.05, 0) is 89.2 Å². The van der Waals surface area contributed by atoms with Crippen LogP contribution in [-0.4, -0.2) is 59.6 Å². The second kappa shape index (κ2) is 14.8. The van der Waals surface area contributed by atoms with E-state index in [-0.39, 0.29) is 54.1 Å². The summed E-state index contributed by atoms with van der Waals surface area (Å²) >= 11 is 0. The first kappa shape index (κ1) is 33.8. The Balaban J connectivity index is 1.55. The van der Waals surface area contributed by atoms with Crippen LogP contribution in [0.4, 0.5) is 4.79 Å². The molecule has 4 atom stereocenters. The number of primary amides is 1. The fourth-order valence-corrected chi connectivity index (χ4v) is 8.09. The third-order valence-corrected chi connectivity index (χ3v) is 10.0. The van der Waals surface area contributed by atoms with E-state index in [0.29, 0.717) is 24.9 Å². The molecule has 9 nitrogen and oxygen atoms in total. The minimum Gasteiger partial charge on any atom is -0.462 e. The number of carbonyl (C=O) groups excluding carboxylic acids is 4. The van der Waals surface area contributed by atoms with Gasteiger partial charge in [0.05, 0.1) is 12.2 Å². The van der Waals surface area contributed by atoms with Crippen molar-refractivity contribution < 1.29 is 28.7 Å². The molecule has 3 aliphatic rings. The maximum absolute atomic E-state index is 14.3. The van der Waals surface area contributed by atoms with E-state index in [1.54, 1.807) is 17.9 Å². The molecule has 1 aliphatic heterocycles. The molecule has 9 heteroatoms. The van der Waals surface area contributed by atoms with Gasteiger partial charge in [0, 0.05) is 24.4 Å². The van der Waals surface area contributed by atoms with Gasteiger partial charge in [-0.25, -0.2) is 9.59 Å². The van der Waals surface area contributed by atoms with E-state index in [4.69, 9.17) is 15.2 Å². The third-order valence-electron chi connectivity index (χ3n) is 10.0. The van der Waals surface area contributed by atoms with Gasteiger partial charge in [0.25, 0.3) is 0 Å². The first-order valence-corrected chi connectivity index (χ1v) is 16.8. The van der Waals surface area contributed by atoms with Crippen molar-refractivity contribution in [2.24, 2.45) is 29.4 Å². The van der Waals surface area contributed by atoms with Crippen molar-refractivity contribution in [3.63, 3.8) is 0 Å². The van der Waals surface area contributed by atoms with E-state index >= 15 is 0 Å². The molecule has 0 spiro atoms. The summed E-state index contributed by atoms with van der Waals surface area (Å²) in [5.41, 5.74) is 6.91. The second-order valence-corrected chi connectivity index (χ2v) is 14.0. The number of carbonyl (C=O) groups is 4. The van der Waals surface area contributed by atoms with Crippen molar-refractivity contribution in [3.05, 3.63) is 35.4 Å². The van der Waals surface area contributed by atoms with E-state index in [1.165, 1.54) is 6.42 Å². The Hall–Kier alpha value is -3.10. The number of nitrogens with two attached hydrogens (primary N) is 1. The third kappa shape index (κ3) is 7.94. The molecule has 2 unspecified atom stereocenters. The van der Waals surface area contributed by atoms with Crippen LogP contribution in [-0.2, 0) is 19.1 Å². The molecule has 2 aliphatic carbocycles. The van der Waals surface area contributed by atoms with Gasteiger partial charge in [0.15, 0.2) is 0 Å². The predicted octanol–water partition coefficient (Wildman–Crippen LogP) is 5.95. The topological polar surface area (TPSA) is 128 Å². The summed E-state index contributed by atoms with van der Waals surface area (Å²) in [4.78, 5) is 54.7. The van der Waals surface area contributed by atoms with Crippen LogP contribution in [0, 0.1) is 23.7 Å². The zero-order chi connectivity index (χ0) is 32.0. The van der Waals surface area contributed by atoms with Gasteiger partial charge in [0.2, 0.25) is 11.8 Å². The first-order valence-electron chi connectivity index (χ1n) is 16.8. The molecule has 3 fully saturated rings. The van der Waals surface area contributed by atoms with Crippen LogP contribution >= 0.6 is 0 Å². The van der Waals surface area contributed by atoms with Crippen molar-refractivity contribution in [1.82, 2.24) is 10.2 Å². The molecular formula is C35H53N3O6. The van der Waals surface area contributed by atoms with Gasteiger partial charge in [-0.1, -0.05) is 57.2 Å². The minimum atomic E-state index is -0.708. The van der Waals surface area contributed by atoms with Crippen LogP contribution in [0.15, 0.2) is 24.3 Å². The maximum Gasteiger partial charge on any atom is 0.407 e. The second-order valence-electron chi connectivity index (χ2n) is 14.0. The average Bonchev–Trinajstić information content (AvgIpc) is 3.40. The standard InChI is InChI=1S/C35H53N3O6/c1-6-28(37-34(42)44-35(3,4)5)22-17-19-24(20-18-22)32(40)38-21-27(25-15-11-12-16-26(25)33(41)43-7-2)29(30(38)31(36)39)23-13-9-8-10-14-23/h11-12,15-16,22-24,27-30H,6-10,13-14,17-21H2,1-5H3,(H2,36,39)(H,37,42)/t22-,24-,27?,28?,29-,30+/m1/s1.